The van der Waals surface area contributed by atoms with Gasteiger partial charge in [0, 0.05) is 17.2 Å². The Morgan fingerprint density at radius 2 is 1.57 bits per heavy atom. The van der Waals surface area contributed by atoms with Crippen LogP contribution in [-0.2, 0) is 6.18 Å². The SMILES string of the molecule is O=C(N/N=C/c1cc(F)cc(F)c1)c1ccc(C(F)(F)F)cc1. The zero-order valence-corrected chi connectivity index (χ0v) is 11.4. The highest BCUT2D eigenvalue weighted by Gasteiger charge is 2.30. The van der Waals surface area contributed by atoms with Crippen LogP contribution in [-0.4, -0.2) is 12.1 Å². The molecule has 0 aliphatic heterocycles. The van der Waals surface area contributed by atoms with E-state index in [-0.39, 0.29) is 11.1 Å². The van der Waals surface area contributed by atoms with E-state index >= 15 is 0 Å². The Balaban J connectivity index is 2.03. The summed E-state index contributed by atoms with van der Waals surface area (Å²) >= 11 is 0. The number of hydrogen-bond donors (Lipinski definition) is 1. The largest absolute Gasteiger partial charge is 0.416 e. The molecule has 0 unspecified atom stereocenters. The van der Waals surface area contributed by atoms with Crippen LogP contribution in [0, 0.1) is 11.6 Å². The summed E-state index contributed by atoms with van der Waals surface area (Å²) in [6.07, 6.45) is -3.48. The lowest BCUT2D eigenvalue weighted by Crippen LogP contribution is -2.18. The van der Waals surface area contributed by atoms with E-state index in [4.69, 9.17) is 0 Å². The zero-order chi connectivity index (χ0) is 17.0. The second-order valence-electron chi connectivity index (χ2n) is 4.48. The number of halogens is 5. The molecule has 2 aromatic carbocycles. The van der Waals surface area contributed by atoms with Gasteiger partial charge in [0.25, 0.3) is 5.91 Å². The van der Waals surface area contributed by atoms with Crippen LogP contribution < -0.4 is 5.43 Å². The number of rotatable bonds is 3. The number of nitrogens with one attached hydrogen (secondary N) is 1. The number of alkyl halides is 3. The van der Waals surface area contributed by atoms with Crippen molar-refractivity contribution in [3.63, 3.8) is 0 Å². The van der Waals surface area contributed by atoms with E-state index in [1.165, 1.54) is 0 Å². The molecule has 1 N–H and O–H groups in total. The lowest BCUT2D eigenvalue weighted by molar-refractivity contribution is -0.137. The second kappa shape index (κ2) is 6.55. The highest BCUT2D eigenvalue weighted by Crippen LogP contribution is 2.29. The molecule has 0 spiro atoms. The average molecular weight is 328 g/mol. The van der Waals surface area contributed by atoms with Crippen molar-refractivity contribution in [1.82, 2.24) is 5.43 Å². The first-order valence-corrected chi connectivity index (χ1v) is 6.22. The van der Waals surface area contributed by atoms with Crippen molar-refractivity contribution < 1.29 is 26.7 Å². The summed E-state index contributed by atoms with van der Waals surface area (Å²) in [5.41, 5.74) is 1.21. The molecule has 0 radical (unpaired) electrons. The third-order valence-electron chi connectivity index (χ3n) is 2.74. The van der Waals surface area contributed by atoms with Gasteiger partial charge in [0.15, 0.2) is 0 Å². The van der Waals surface area contributed by atoms with Gasteiger partial charge in [-0.05, 0) is 36.4 Å². The van der Waals surface area contributed by atoms with E-state index < -0.39 is 29.3 Å². The van der Waals surface area contributed by atoms with E-state index in [1.807, 2.05) is 5.43 Å². The van der Waals surface area contributed by atoms with Gasteiger partial charge < -0.3 is 0 Å². The second-order valence-corrected chi connectivity index (χ2v) is 4.48. The first-order valence-electron chi connectivity index (χ1n) is 6.22. The van der Waals surface area contributed by atoms with Gasteiger partial charge in [0.2, 0.25) is 0 Å². The predicted octanol–water partition coefficient (Wildman–Crippen LogP) is 3.75. The predicted molar refractivity (Wildman–Crippen MR) is 72.9 cm³/mol. The maximum absolute atomic E-state index is 12.9. The van der Waals surface area contributed by atoms with Crippen LogP contribution in [0.1, 0.15) is 21.5 Å². The summed E-state index contributed by atoms with van der Waals surface area (Å²) in [6, 6.07) is 6.19. The van der Waals surface area contributed by atoms with Gasteiger partial charge in [0.1, 0.15) is 11.6 Å². The molecule has 23 heavy (non-hydrogen) atoms. The quantitative estimate of drug-likeness (QED) is 0.520. The number of amides is 1. The topological polar surface area (TPSA) is 41.5 Å². The molecular formula is C15H9F5N2O. The molecule has 0 saturated carbocycles. The Labute approximate surface area is 127 Å². The monoisotopic (exact) mass is 328 g/mol. The van der Waals surface area contributed by atoms with E-state index in [2.05, 4.69) is 5.10 Å². The molecule has 0 aliphatic carbocycles. The lowest BCUT2D eigenvalue weighted by Gasteiger charge is -2.06. The van der Waals surface area contributed by atoms with Gasteiger partial charge in [-0.2, -0.15) is 18.3 Å². The molecule has 1 amide bonds. The third-order valence-corrected chi connectivity index (χ3v) is 2.74. The molecule has 2 rings (SSSR count). The molecule has 0 heterocycles. The van der Waals surface area contributed by atoms with E-state index in [9.17, 15) is 26.7 Å². The van der Waals surface area contributed by atoms with Crippen LogP contribution in [0.2, 0.25) is 0 Å². The third kappa shape index (κ3) is 4.60. The van der Waals surface area contributed by atoms with Crippen LogP contribution in [0.5, 0.6) is 0 Å². The summed E-state index contributed by atoms with van der Waals surface area (Å²) in [7, 11) is 0. The van der Waals surface area contributed by atoms with Crippen LogP contribution in [0.15, 0.2) is 47.6 Å². The van der Waals surface area contributed by atoms with Gasteiger partial charge in [-0.1, -0.05) is 0 Å². The first kappa shape index (κ1) is 16.6. The molecule has 120 valence electrons. The van der Waals surface area contributed by atoms with Crippen LogP contribution >= 0.6 is 0 Å². The van der Waals surface area contributed by atoms with Gasteiger partial charge in [-0.15, -0.1) is 0 Å². The fourth-order valence-electron chi connectivity index (χ4n) is 1.69. The molecule has 0 fully saturated rings. The smallest absolute Gasteiger partial charge is 0.267 e. The lowest BCUT2D eigenvalue weighted by atomic mass is 10.1. The van der Waals surface area contributed by atoms with Crippen molar-refractivity contribution in [3.8, 4) is 0 Å². The maximum Gasteiger partial charge on any atom is 0.416 e. The summed E-state index contributed by atoms with van der Waals surface area (Å²) in [4.78, 5) is 11.7. The summed E-state index contributed by atoms with van der Waals surface area (Å²) < 4.78 is 63.0. The van der Waals surface area contributed by atoms with E-state index in [0.717, 1.165) is 42.6 Å². The van der Waals surface area contributed by atoms with Crippen molar-refractivity contribution >= 4 is 12.1 Å². The Bertz CT molecular complexity index is 718. The van der Waals surface area contributed by atoms with Crippen molar-refractivity contribution in [1.29, 1.82) is 0 Å². The highest BCUT2D eigenvalue weighted by atomic mass is 19.4. The normalized spacial score (nSPS) is 11.7. The minimum atomic E-state index is -4.49. The van der Waals surface area contributed by atoms with Gasteiger partial charge in [-0.25, -0.2) is 14.2 Å². The van der Waals surface area contributed by atoms with Crippen molar-refractivity contribution in [2.45, 2.75) is 6.18 Å². The Hall–Kier alpha value is -2.77. The molecular weight excluding hydrogens is 319 g/mol. The Morgan fingerprint density at radius 1 is 1.00 bits per heavy atom. The maximum atomic E-state index is 12.9. The zero-order valence-electron chi connectivity index (χ0n) is 11.4. The molecule has 0 aliphatic rings. The minimum Gasteiger partial charge on any atom is -0.267 e. The number of benzene rings is 2. The number of carbonyl (C=O) groups excluding carboxylic acids is 1. The molecule has 3 nitrogen and oxygen atoms in total. The first-order chi connectivity index (χ1) is 10.8. The molecule has 0 aromatic heterocycles. The van der Waals surface area contributed by atoms with E-state index in [1.54, 1.807) is 0 Å². The van der Waals surface area contributed by atoms with Gasteiger partial charge >= 0.3 is 6.18 Å². The van der Waals surface area contributed by atoms with Crippen LogP contribution in [0.25, 0.3) is 0 Å². The summed E-state index contributed by atoms with van der Waals surface area (Å²) in [6.45, 7) is 0. The summed E-state index contributed by atoms with van der Waals surface area (Å²) in [5.74, 6) is -2.37. The van der Waals surface area contributed by atoms with Crippen molar-refractivity contribution in [2.75, 3.05) is 0 Å². The summed E-state index contributed by atoms with van der Waals surface area (Å²) in [5, 5.41) is 3.49. The van der Waals surface area contributed by atoms with Crippen molar-refractivity contribution in [2.24, 2.45) is 5.10 Å². The minimum absolute atomic E-state index is 0.0411. The number of hydrogen-bond acceptors (Lipinski definition) is 2. The molecule has 0 atom stereocenters. The molecule has 2 aromatic rings. The average Bonchev–Trinajstić information content (AvgIpc) is 2.45. The Kier molecular flexibility index (Phi) is 4.73. The molecule has 0 bridgehead atoms. The Morgan fingerprint density at radius 3 is 2.09 bits per heavy atom. The number of carbonyl (C=O) groups is 1. The van der Waals surface area contributed by atoms with Crippen LogP contribution in [0.4, 0.5) is 22.0 Å². The molecule has 0 saturated heterocycles. The van der Waals surface area contributed by atoms with E-state index in [0.29, 0.717) is 6.07 Å². The van der Waals surface area contributed by atoms with Gasteiger partial charge in [-0.3, -0.25) is 4.79 Å². The fraction of sp³-hybridized carbons (Fsp3) is 0.0667. The van der Waals surface area contributed by atoms with Crippen LogP contribution in [0.3, 0.4) is 0 Å². The standard InChI is InChI=1S/C15H9F5N2O/c16-12-5-9(6-13(17)7-12)8-21-22-14(23)10-1-3-11(4-2-10)15(18,19)20/h1-8H,(H,22,23)/b21-8+. The highest BCUT2D eigenvalue weighted by molar-refractivity contribution is 5.94. The van der Waals surface area contributed by atoms with Gasteiger partial charge in [0.05, 0.1) is 11.8 Å². The number of nitrogens with zero attached hydrogens (tertiary/aromatic N) is 1. The molecule has 8 heteroatoms. The number of hydrazone groups is 1. The fourth-order valence-corrected chi connectivity index (χ4v) is 1.69. The van der Waals surface area contributed by atoms with Crippen molar-refractivity contribution in [3.05, 3.63) is 70.8 Å².